The van der Waals surface area contributed by atoms with Gasteiger partial charge in [-0.15, -0.1) is 0 Å². The fourth-order valence-corrected chi connectivity index (χ4v) is 3.32. The molecule has 0 spiro atoms. The molecule has 2 aromatic rings. The number of imidazole rings is 1. The maximum atomic E-state index is 14.1. The van der Waals surface area contributed by atoms with Crippen molar-refractivity contribution in [2.24, 2.45) is 11.8 Å². The number of hydrogen-bond donors (Lipinski definition) is 2. The lowest BCUT2D eigenvalue weighted by atomic mass is 9.84. The van der Waals surface area contributed by atoms with Crippen LogP contribution in [0.25, 0.3) is 11.0 Å². The highest BCUT2D eigenvalue weighted by molar-refractivity contribution is 5.92. The van der Waals surface area contributed by atoms with Gasteiger partial charge >= 0.3 is 5.97 Å². The minimum absolute atomic E-state index is 0.0450. The summed E-state index contributed by atoms with van der Waals surface area (Å²) in [6.07, 6.45) is 0. The first-order chi connectivity index (χ1) is 10.9. The molecule has 2 N–H and O–H groups in total. The SMILES string of the molecule is O=C(O)c1ccc2nc(N3CC4COCC(C3)C4(F)F)[nH]c2c1. The molecule has 2 bridgehead atoms. The largest absolute Gasteiger partial charge is 0.478 e. The number of aromatic amines is 1. The van der Waals surface area contributed by atoms with Gasteiger partial charge in [-0.1, -0.05) is 0 Å². The molecule has 8 heteroatoms. The lowest BCUT2D eigenvalue weighted by molar-refractivity contribution is -0.190. The van der Waals surface area contributed by atoms with Gasteiger partial charge in [0.2, 0.25) is 5.95 Å². The number of halogens is 2. The summed E-state index contributed by atoms with van der Waals surface area (Å²) in [6, 6.07) is 4.58. The lowest BCUT2D eigenvalue weighted by Gasteiger charge is -2.46. The summed E-state index contributed by atoms with van der Waals surface area (Å²) in [6.45, 7) is 0.414. The van der Waals surface area contributed by atoms with Crippen LogP contribution in [0, 0.1) is 11.8 Å². The van der Waals surface area contributed by atoms with Gasteiger partial charge < -0.3 is 19.7 Å². The first-order valence-electron chi connectivity index (χ1n) is 7.38. The van der Waals surface area contributed by atoms with Crippen molar-refractivity contribution in [2.75, 3.05) is 31.2 Å². The average molecular weight is 323 g/mol. The topological polar surface area (TPSA) is 78.4 Å². The number of carbonyl (C=O) groups is 1. The van der Waals surface area contributed by atoms with E-state index in [1.54, 1.807) is 11.0 Å². The van der Waals surface area contributed by atoms with Crippen molar-refractivity contribution in [3.05, 3.63) is 23.8 Å². The maximum absolute atomic E-state index is 14.1. The molecule has 2 aliphatic rings. The number of aromatic nitrogens is 2. The number of anilines is 1. The molecule has 2 saturated heterocycles. The summed E-state index contributed by atoms with van der Waals surface area (Å²) in [7, 11) is 0. The number of nitrogens with one attached hydrogen (secondary N) is 1. The maximum Gasteiger partial charge on any atom is 0.335 e. The summed E-state index contributed by atoms with van der Waals surface area (Å²) < 4.78 is 33.5. The lowest BCUT2D eigenvalue weighted by Crippen LogP contribution is -2.59. The first kappa shape index (κ1) is 14.4. The molecule has 0 aliphatic carbocycles. The molecule has 6 nitrogen and oxygen atoms in total. The Bertz CT molecular complexity index is 760. The van der Waals surface area contributed by atoms with Gasteiger partial charge in [-0.25, -0.2) is 18.6 Å². The van der Waals surface area contributed by atoms with Crippen LogP contribution in [0.3, 0.4) is 0 Å². The summed E-state index contributed by atoms with van der Waals surface area (Å²) in [5, 5.41) is 9.02. The Kier molecular flexibility index (Phi) is 3.06. The summed E-state index contributed by atoms with van der Waals surface area (Å²) in [5.41, 5.74) is 1.35. The second-order valence-electron chi connectivity index (χ2n) is 6.11. The predicted molar refractivity (Wildman–Crippen MR) is 78.0 cm³/mol. The van der Waals surface area contributed by atoms with E-state index in [1.165, 1.54) is 12.1 Å². The highest BCUT2D eigenvalue weighted by atomic mass is 19.3. The van der Waals surface area contributed by atoms with E-state index >= 15 is 0 Å². The van der Waals surface area contributed by atoms with Crippen LogP contribution in [0.2, 0.25) is 0 Å². The van der Waals surface area contributed by atoms with E-state index in [0.717, 1.165) is 0 Å². The number of carboxylic acid groups (broad SMARTS) is 1. The quantitative estimate of drug-likeness (QED) is 0.883. The van der Waals surface area contributed by atoms with Crippen molar-refractivity contribution in [3.8, 4) is 0 Å². The molecule has 2 fully saturated rings. The fraction of sp³-hybridized carbons (Fsp3) is 0.467. The van der Waals surface area contributed by atoms with E-state index in [4.69, 9.17) is 9.84 Å². The van der Waals surface area contributed by atoms with Crippen molar-refractivity contribution in [3.63, 3.8) is 0 Å². The smallest absolute Gasteiger partial charge is 0.335 e. The Balaban J connectivity index is 1.66. The van der Waals surface area contributed by atoms with Crippen molar-refractivity contribution >= 4 is 23.0 Å². The van der Waals surface area contributed by atoms with Crippen LogP contribution >= 0.6 is 0 Å². The Labute approximate surface area is 130 Å². The van der Waals surface area contributed by atoms with Crippen molar-refractivity contribution < 1.29 is 23.4 Å². The van der Waals surface area contributed by atoms with E-state index < -0.39 is 23.7 Å². The number of H-pyrrole nitrogens is 1. The molecule has 1 aromatic heterocycles. The number of carboxylic acids is 1. The molecule has 23 heavy (non-hydrogen) atoms. The number of benzene rings is 1. The Morgan fingerprint density at radius 3 is 2.70 bits per heavy atom. The van der Waals surface area contributed by atoms with Gasteiger partial charge in [0.05, 0.1) is 41.6 Å². The van der Waals surface area contributed by atoms with Gasteiger partial charge in [-0.3, -0.25) is 0 Å². The van der Waals surface area contributed by atoms with E-state index in [0.29, 0.717) is 17.0 Å². The molecule has 0 amide bonds. The third-order valence-corrected chi connectivity index (χ3v) is 4.62. The number of ether oxygens (including phenoxy) is 1. The first-order valence-corrected chi connectivity index (χ1v) is 7.38. The van der Waals surface area contributed by atoms with Crippen LogP contribution < -0.4 is 4.90 Å². The molecule has 2 aliphatic heterocycles. The van der Waals surface area contributed by atoms with Gasteiger partial charge in [0, 0.05) is 13.1 Å². The van der Waals surface area contributed by atoms with Crippen molar-refractivity contribution in [2.45, 2.75) is 5.92 Å². The molecule has 122 valence electrons. The third kappa shape index (κ3) is 2.24. The van der Waals surface area contributed by atoms with Gasteiger partial charge in [0.1, 0.15) is 0 Å². The number of rotatable bonds is 2. The minimum atomic E-state index is -2.71. The fourth-order valence-electron chi connectivity index (χ4n) is 3.32. The van der Waals surface area contributed by atoms with E-state index in [-0.39, 0.29) is 31.9 Å². The zero-order valence-electron chi connectivity index (χ0n) is 12.1. The van der Waals surface area contributed by atoms with E-state index in [2.05, 4.69) is 9.97 Å². The monoisotopic (exact) mass is 323 g/mol. The summed E-state index contributed by atoms with van der Waals surface area (Å²) in [4.78, 5) is 20.3. The van der Waals surface area contributed by atoms with Crippen LogP contribution in [0.15, 0.2) is 18.2 Å². The molecular formula is C15H15F2N3O3. The van der Waals surface area contributed by atoms with Crippen LogP contribution in [0.5, 0.6) is 0 Å². The van der Waals surface area contributed by atoms with Gasteiger partial charge in [-0.2, -0.15) is 0 Å². The number of alkyl halides is 2. The number of fused-ring (bicyclic) bond motifs is 3. The molecule has 3 heterocycles. The van der Waals surface area contributed by atoms with Gasteiger partial charge in [-0.05, 0) is 18.2 Å². The molecule has 2 atom stereocenters. The molecular weight excluding hydrogens is 308 g/mol. The summed E-state index contributed by atoms with van der Waals surface area (Å²) >= 11 is 0. The Hall–Kier alpha value is -2.22. The number of hydrogen-bond acceptors (Lipinski definition) is 4. The normalized spacial score (nSPS) is 26.4. The third-order valence-electron chi connectivity index (χ3n) is 4.62. The minimum Gasteiger partial charge on any atom is -0.478 e. The second kappa shape index (κ2) is 4.89. The van der Waals surface area contributed by atoms with Gasteiger partial charge in [0.25, 0.3) is 5.92 Å². The zero-order valence-corrected chi connectivity index (χ0v) is 12.1. The Morgan fingerprint density at radius 2 is 2.04 bits per heavy atom. The molecule has 1 aromatic carbocycles. The molecule has 0 saturated carbocycles. The number of piperidine rings is 1. The molecule has 2 unspecified atom stereocenters. The Morgan fingerprint density at radius 1 is 1.35 bits per heavy atom. The standard InChI is InChI=1S/C15H15F2N3O3/c16-15(17)9-4-20(5-10(15)7-23-6-9)14-18-11-2-1-8(13(21)22)3-12(11)19-14/h1-3,9-10H,4-7H2,(H,18,19)(H,21,22). The van der Waals surface area contributed by atoms with E-state index in [1.807, 2.05) is 0 Å². The zero-order chi connectivity index (χ0) is 16.2. The highest BCUT2D eigenvalue weighted by Crippen LogP contribution is 2.42. The average Bonchev–Trinajstić information content (AvgIpc) is 2.88. The van der Waals surface area contributed by atoms with E-state index in [9.17, 15) is 13.6 Å². The number of aromatic carboxylic acids is 1. The van der Waals surface area contributed by atoms with Crippen molar-refractivity contribution in [1.29, 1.82) is 0 Å². The van der Waals surface area contributed by atoms with Gasteiger partial charge in [0.15, 0.2) is 0 Å². The molecule has 4 rings (SSSR count). The van der Waals surface area contributed by atoms with Crippen LogP contribution in [0.1, 0.15) is 10.4 Å². The number of nitrogens with zero attached hydrogens (tertiary/aromatic N) is 2. The van der Waals surface area contributed by atoms with Crippen LogP contribution in [-0.4, -0.2) is 53.3 Å². The van der Waals surface area contributed by atoms with Crippen LogP contribution in [0.4, 0.5) is 14.7 Å². The summed E-state index contributed by atoms with van der Waals surface area (Å²) in [5.74, 6) is -4.94. The highest BCUT2D eigenvalue weighted by Gasteiger charge is 2.54. The van der Waals surface area contributed by atoms with Crippen LogP contribution in [-0.2, 0) is 4.74 Å². The second-order valence-corrected chi connectivity index (χ2v) is 6.11. The molecule has 0 radical (unpaired) electrons. The van der Waals surface area contributed by atoms with Crippen molar-refractivity contribution in [1.82, 2.24) is 9.97 Å². The predicted octanol–water partition coefficient (Wildman–Crippen LogP) is 1.98.